The van der Waals surface area contributed by atoms with Crippen LogP contribution in [0.15, 0.2) is 155 Å². The molecule has 0 saturated carbocycles. The summed E-state index contributed by atoms with van der Waals surface area (Å²) in [6.07, 6.45) is 1.88. The smallest absolute Gasteiger partial charge is 0.146 e. The Balaban J connectivity index is 1.43. The van der Waals surface area contributed by atoms with Gasteiger partial charge in [0.2, 0.25) is 0 Å². The predicted molar refractivity (Wildman–Crippen MR) is 175 cm³/mol. The Kier molecular flexibility index (Phi) is 4.93. The molecule has 0 unspecified atom stereocenters. The zero-order valence-electron chi connectivity index (χ0n) is 22.7. The standard InChI is InChI=1S/C40H24O2/c1-3-12-25(13-4-1)33-24-41-40-31(33)22-23-35-39(40)38-32(20-11-21-34(38)42-35)37-29-18-9-7-16-27(29)36(26-14-5-2-6-15-26)28-17-8-10-19-30(28)37/h1-24H. The van der Waals surface area contributed by atoms with Crippen molar-refractivity contribution in [2.24, 2.45) is 0 Å². The lowest BCUT2D eigenvalue weighted by Crippen LogP contribution is -1.91. The van der Waals surface area contributed by atoms with Crippen molar-refractivity contribution in [1.29, 1.82) is 0 Å². The average Bonchev–Trinajstić information content (AvgIpc) is 3.66. The Bertz CT molecular complexity index is 2390. The summed E-state index contributed by atoms with van der Waals surface area (Å²) >= 11 is 0. The van der Waals surface area contributed by atoms with Gasteiger partial charge in [0, 0.05) is 16.3 Å². The highest BCUT2D eigenvalue weighted by Crippen LogP contribution is 2.48. The van der Waals surface area contributed by atoms with Crippen LogP contribution in [0.5, 0.6) is 0 Å². The molecule has 0 atom stereocenters. The van der Waals surface area contributed by atoms with E-state index >= 15 is 0 Å². The molecule has 2 nitrogen and oxygen atoms in total. The van der Waals surface area contributed by atoms with Gasteiger partial charge in [-0.05, 0) is 67.6 Å². The van der Waals surface area contributed by atoms with Crippen molar-refractivity contribution in [3.63, 3.8) is 0 Å². The van der Waals surface area contributed by atoms with Gasteiger partial charge in [0.15, 0.2) is 0 Å². The van der Waals surface area contributed by atoms with E-state index in [1.54, 1.807) is 0 Å². The van der Waals surface area contributed by atoms with Gasteiger partial charge in [0.05, 0.1) is 11.6 Å². The van der Waals surface area contributed by atoms with Crippen molar-refractivity contribution >= 4 is 54.5 Å². The Hall–Kier alpha value is -5.60. The molecule has 2 heterocycles. The lowest BCUT2D eigenvalue weighted by Gasteiger charge is -2.18. The molecule has 0 spiro atoms. The van der Waals surface area contributed by atoms with E-state index in [0.29, 0.717) is 0 Å². The molecule has 0 bridgehead atoms. The van der Waals surface area contributed by atoms with Crippen LogP contribution in [0.2, 0.25) is 0 Å². The summed E-state index contributed by atoms with van der Waals surface area (Å²) in [4.78, 5) is 0. The second-order valence-electron chi connectivity index (χ2n) is 10.8. The SMILES string of the molecule is c1ccc(-c2c3ccccc3c(-c3cccc4oc5ccc6c(-c7ccccc7)coc6c5c34)c3ccccc23)cc1. The lowest BCUT2D eigenvalue weighted by atomic mass is 9.85. The molecule has 196 valence electrons. The fraction of sp³-hybridized carbons (Fsp3) is 0. The van der Waals surface area contributed by atoms with Gasteiger partial charge in [-0.1, -0.05) is 121 Å². The second kappa shape index (κ2) is 8.95. The molecule has 2 aromatic heterocycles. The number of benzene rings is 7. The molecule has 0 aliphatic heterocycles. The second-order valence-corrected chi connectivity index (χ2v) is 10.8. The zero-order chi connectivity index (χ0) is 27.6. The quantitative estimate of drug-likeness (QED) is 0.210. The topological polar surface area (TPSA) is 26.3 Å². The number of fused-ring (bicyclic) bond motifs is 7. The largest absolute Gasteiger partial charge is 0.463 e. The third kappa shape index (κ3) is 3.27. The van der Waals surface area contributed by atoms with Crippen LogP contribution in [0.4, 0.5) is 0 Å². The average molecular weight is 537 g/mol. The van der Waals surface area contributed by atoms with Gasteiger partial charge in [-0.25, -0.2) is 0 Å². The number of rotatable bonds is 3. The van der Waals surface area contributed by atoms with E-state index in [9.17, 15) is 0 Å². The Morgan fingerprint density at radius 1 is 0.357 bits per heavy atom. The molecule has 9 rings (SSSR count). The van der Waals surface area contributed by atoms with E-state index in [1.165, 1.54) is 38.2 Å². The van der Waals surface area contributed by atoms with Crippen molar-refractivity contribution in [2.45, 2.75) is 0 Å². The van der Waals surface area contributed by atoms with Crippen LogP contribution >= 0.6 is 0 Å². The Morgan fingerprint density at radius 2 is 0.929 bits per heavy atom. The summed E-state index contributed by atoms with van der Waals surface area (Å²) in [6, 6.07) is 49.3. The molecule has 42 heavy (non-hydrogen) atoms. The summed E-state index contributed by atoms with van der Waals surface area (Å²) < 4.78 is 12.9. The van der Waals surface area contributed by atoms with Crippen LogP contribution in [0, 0.1) is 0 Å². The van der Waals surface area contributed by atoms with E-state index < -0.39 is 0 Å². The van der Waals surface area contributed by atoms with Crippen molar-refractivity contribution in [3.8, 4) is 33.4 Å². The van der Waals surface area contributed by atoms with E-state index in [2.05, 4.69) is 133 Å². The van der Waals surface area contributed by atoms with Gasteiger partial charge >= 0.3 is 0 Å². The van der Waals surface area contributed by atoms with Gasteiger partial charge in [-0.3, -0.25) is 0 Å². The van der Waals surface area contributed by atoms with E-state index in [-0.39, 0.29) is 0 Å². The molecule has 9 aromatic rings. The molecule has 2 heteroatoms. The maximum atomic E-state index is 6.49. The Morgan fingerprint density at radius 3 is 1.60 bits per heavy atom. The highest BCUT2D eigenvalue weighted by Gasteiger charge is 2.22. The third-order valence-corrected chi connectivity index (χ3v) is 8.55. The minimum atomic E-state index is 0.827. The summed E-state index contributed by atoms with van der Waals surface area (Å²) in [5.41, 5.74) is 9.59. The van der Waals surface area contributed by atoms with Crippen molar-refractivity contribution in [2.75, 3.05) is 0 Å². The fourth-order valence-electron chi connectivity index (χ4n) is 6.78. The van der Waals surface area contributed by atoms with Crippen LogP contribution < -0.4 is 0 Å². The van der Waals surface area contributed by atoms with Gasteiger partial charge in [0.25, 0.3) is 0 Å². The molecule has 0 aliphatic carbocycles. The van der Waals surface area contributed by atoms with E-state index in [1.807, 2.05) is 12.3 Å². The molecular formula is C40H24O2. The highest BCUT2D eigenvalue weighted by molar-refractivity contribution is 6.28. The molecule has 7 aromatic carbocycles. The minimum Gasteiger partial charge on any atom is -0.463 e. The summed E-state index contributed by atoms with van der Waals surface area (Å²) in [5, 5.41) is 8.08. The first-order valence-electron chi connectivity index (χ1n) is 14.3. The van der Waals surface area contributed by atoms with Crippen LogP contribution in [0.1, 0.15) is 0 Å². The van der Waals surface area contributed by atoms with Gasteiger partial charge in [-0.2, -0.15) is 0 Å². The summed E-state index contributed by atoms with van der Waals surface area (Å²) in [7, 11) is 0. The predicted octanol–water partition coefficient (Wildman–Crippen LogP) is 11.6. The van der Waals surface area contributed by atoms with Crippen LogP contribution in [-0.4, -0.2) is 0 Å². The first-order valence-corrected chi connectivity index (χ1v) is 14.3. The van der Waals surface area contributed by atoms with Crippen molar-refractivity contribution in [1.82, 2.24) is 0 Å². The first-order chi connectivity index (χ1) is 20.9. The van der Waals surface area contributed by atoms with Crippen LogP contribution in [0.3, 0.4) is 0 Å². The van der Waals surface area contributed by atoms with Gasteiger partial charge in [0.1, 0.15) is 16.7 Å². The Labute approximate surface area is 242 Å². The molecule has 0 amide bonds. The minimum absolute atomic E-state index is 0.827. The maximum Gasteiger partial charge on any atom is 0.146 e. The zero-order valence-corrected chi connectivity index (χ0v) is 22.7. The van der Waals surface area contributed by atoms with Crippen LogP contribution in [0.25, 0.3) is 87.8 Å². The molecule has 0 radical (unpaired) electrons. The molecule has 0 saturated heterocycles. The lowest BCUT2D eigenvalue weighted by molar-refractivity contribution is 0.619. The molecule has 0 N–H and O–H groups in total. The highest BCUT2D eigenvalue weighted by atomic mass is 16.3. The van der Waals surface area contributed by atoms with Crippen LogP contribution in [-0.2, 0) is 0 Å². The van der Waals surface area contributed by atoms with Crippen molar-refractivity contribution < 1.29 is 8.83 Å². The number of hydrogen-bond acceptors (Lipinski definition) is 2. The monoisotopic (exact) mass is 536 g/mol. The fourth-order valence-corrected chi connectivity index (χ4v) is 6.78. The summed E-state index contributed by atoms with van der Waals surface area (Å²) in [6.45, 7) is 0. The third-order valence-electron chi connectivity index (χ3n) is 8.55. The molecular weight excluding hydrogens is 512 g/mol. The molecule has 0 aliphatic rings. The van der Waals surface area contributed by atoms with E-state index in [0.717, 1.165) is 49.6 Å². The molecule has 0 fully saturated rings. The van der Waals surface area contributed by atoms with E-state index in [4.69, 9.17) is 8.83 Å². The maximum absolute atomic E-state index is 6.49. The van der Waals surface area contributed by atoms with Crippen molar-refractivity contribution in [3.05, 3.63) is 146 Å². The van der Waals surface area contributed by atoms with Gasteiger partial charge in [-0.15, -0.1) is 0 Å². The summed E-state index contributed by atoms with van der Waals surface area (Å²) in [5.74, 6) is 0. The number of hydrogen-bond donors (Lipinski definition) is 0. The first kappa shape index (κ1) is 23.1. The van der Waals surface area contributed by atoms with Gasteiger partial charge < -0.3 is 8.83 Å². The normalized spacial score (nSPS) is 11.8. The number of furan rings is 2.